The zero-order chi connectivity index (χ0) is 19.9. The van der Waals surface area contributed by atoms with Crippen LogP contribution < -0.4 is 0 Å². The third-order valence-electron chi connectivity index (χ3n) is 5.54. The number of nitrogens with zero attached hydrogens (tertiary/aromatic N) is 2. The zero-order valence-electron chi connectivity index (χ0n) is 15.1. The highest BCUT2D eigenvalue weighted by Crippen LogP contribution is 2.61. The summed E-state index contributed by atoms with van der Waals surface area (Å²) in [5, 5.41) is 11.5. The molecule has 3 unspecified atom stereocenters. The van der Waals surface area contributed by atoms with Crippen molar-refractivity contribution < 1.29 is 19.2 Å². The van der Waals surface area contributed by atoms with E-state index in [0.717, 1.165) is 5.56 Å². The lowest BCUT2D eigenvalue weighted by atomic mass is 9.92. The van der Waals surface area contributed by atoms with Crippen molar-refractivity contribution in [3.05, 3.63) is 93.7 Å². The van der Waals surface area contributed by atoms with Crippen LogP contribution in [-0.4, -0.2) is 34.9 Å². The number of hydrogen-bond acceptors (Lipinski definition) is 5. The van der Waals surface area contributed by atoms with Gasteiger partial charge in [0, 0.05) is 18.5 Å². The second kappa shape index (κ2) is 6.60. The third-order valence-corrected chi connectivity index (χ3v) is 5.54. The Bertz CT molecular complexity index is 973. The Morgan fingerprint density at radius 2 is 1.75 bits per heavy atom. The number of rotatable bonds is 5. The van der Waals surface area contributed by atoms with Crippen molar-refractivity contribution in [2.45, 2.75) is 18.0 Å². The first-order valence-electron chi connectivity index (χ1n) is 8.87. The minimum atomic E-state index is -1.14. The fourth-order valence-corrected chi connectivity index (χ4v) is 4.28. The lowest BCUT2D eigenvalue weighted by Crippen LogP contribution is -2.42. The molecule has 0 aromatic heterocycles. The Labute approximate surface area is 161 Å². The van der Waals surface area contributed by atoms with Gasteiger partial charge < -0.3 is 9.64 Å². The van der Waals surface area contributed by atoms with Gasteiger partial charge in [-0.3, -0.25) is 19.7 Å². The molecular formula is C21H18N2O5. The molecule has 7 heteroatoms. The number of fused-ring (bicyclic) bond motifs is 1. The van der Waals surface area contributed by atoms with Crippen LogP contribution in [0.5, 0.6) is 0 Å². The van der Waals surface area contributed by atoms with Gasteiger partial charge in [0.15, 0.2) is 0 Å². The fourth-order valence-electron chi connectivity index (χ4n) is 4.28. The first-order chi connectivity index (χ1) is 13.5. The molecule has 0 bridgehead atoms. The van der Waals surface area contributed by atoms with E-state index in [4.69, 9.17) is 4.74 Å². The number of hydrogen-bond donors (Lipinski definition) is 0. The van der Waals surface area contributed by atoms with Gasteiger partial charge in [-0.2, -0.15) is 0 Å². The highest BCUT2D eigenvalue weighted by molar-refractivity contribution is 5.99. The van der Waals surface area contributed by atoms with Gasteiger partial charge in [-0.05, 0) is 11.1 Å². The smallest absolute Gasteiger partial charge is 0.330 e. The molecule has 1 aliphatic heterocycles. The summed E-state index contributed by atoms with van der Waals surface area (Å²) in [6.45, 7) is 0.178. The van der Waals surface area contributed by atoms with E-state index in [1.54, 1.807) is 24.3 Å². The van der Waals surface area contributed by atoms with Gasteiger partial charge in [-0.25, -0.2) is 0 Å². The molecule has 0 saturated heterocycles. The van der Waals surface area contributed by atoms with Crippen LogP contribution in [0.3, 0.4) is 0 Å². The van der Waals surface area contributed by atoms with Crippen LogP contribution in [0.4, 0.5) is 0 Å². The van der Waals surface area contributed by atoms with Gasteiger partial charge >= 0.3 is 17.6 Å². The average molecular weight is 378 g/mol. The fraction of sp³-hybridized carbons (Fsp3) is 0.238. The number of esters is 1. The van der Waals surface area contributed by atoms with Gasteiger partial charge in [0.05, 0.1) is 18.1 Å². The van der Waals surface area contributed by atoms with Crippen molar-refractivity contribution in [2.75, 3.05) is 7.11 Å². The van der Waals surface area contributed by atoms with Gasteiger partial charge in [-0.15, -0.1) is 0 Å². The van der Waals surface area contributed by atoms with E-state index < -0.39 is 39.9 Å². The van der Waals surface area contributed by atoms with E-state index in [1.165, 1.54) is 18.1 Å². The third kappa shape index (κ3) is 2.51. The maximum atomic E-state index is 12.9. The van der Waals surface area contributed by atoms with Crippen molar-refractivity contribution in [3.63, 3.8) is 0 Å². The van der Waals surface area contributed by atoms with Crippen LogP contribution >= 0.6 is 0 Å². The minimum Gasteiger partial charge on any atom is -0.468 e. The number of carbonyl (C=O) groups excluding carboxylic acids is 2. The lowest BCUT2D eigenvalue weighted by Gasteiger charge is -2.26. The zero-order valence-corrected chi connectivity index (χ0v) is 15.1. The summed E-state index contributed by atoms with van der Waals surface area (Å²) < 4.78 is 5.08. The second-order valence-electron chi connectivity index (χ2n) is 6.92. The molecule has 0 N–H and O–H groups in total. The molecule has 1 saturated carbocycles. The van der Waals surface area contributed by atoms with Crippen molar-refractivity contribution >= 4 is 11.9 Å². The monoisotopic (exact) mass is 378 g/mol. The van der Waals surface area contributed by atoms with E-state index in [0.29, 0.717) is 5.56 Å². The van der Waals surface area contributed by atoms with E-state index in [-0.39, 0.29) is 6.54 Å². The van der Waals surface area contributed by atoms with Crippen LogP contribution in [0.2, 0.25) is 0 Å². The minimum absolute atomic E-state index is 0.178. The predicted octanol–water partition coefficient (Wildman–Crippen LogP) is 2.30. The predicted molar refractivity (Wildman–Crippen MR) is 99.5 cm³/mol. The quantitative estimate of drug-likeness (QED) is 0.452. The highest BCUT2D eigenvalue weighted by Gasteiger charge is 2.76. The summed E-state index contributed by atoms with van der Waals surface area (Å²) in [6, 6.07) is 17.7. The molecule has 0 radical (unpaired) electrons. The summed E-state index contributed by atoms with van der Waals surface area (Å²) in [7, 11) is 1.29. The van der Waals surface area contributed by atoms with E-state index in [9.17, 15) is 19.7 Å². The highest BCUT2D eigenvalue weighted by atomic mass is 16.6. The standard InChI is InChI=1S/C21H18N2O5/c1-28-20(25)21(15-10-6-3-7-11-15)16-12-17(23(26)27)19(24)22(18(16)21)13-14-8-4-2-5-9-14/h2-12,16,18H,13H2,1H3. The topological polar surface area (TPSA) is 89.7 Å². The molecule has 1 aliphatic carbocycles. The number of benzene rings is 2. The summed E-state index contributed by atoms with van der Waals surface area (Å²) >= 11 is 0. The summed E-state index contributed by atoms with van der Waals surface area (Å²) in [5.74, 6) is -1.69. The molecule has 1 amide bonds. The molecule has 2 aliphatic rings. The van der Waals surface area contributed by atoms with Crippen LogP contribution in [0.1, 0.15) is 11.1 Å². The summed E-state index contributed by atoms with van der Waals surface area (Å²) in [4.78, 5) is 38.0. The van der Waals surface area contributed by atoms with Crippen molar-refractivity contribution in [2.24, 2.45) is 5.92 Å². The van der Waals surface area contributed by atoms with Gasteiger partial charge in [0.25, 0.3) is 0 Å². The maximum Gasteiger partial charge on any atom is 0.330 e. The Kier molecular flexibility index (Phi) is 4.22. The Balaban J connectivity index is 1.84. The summed E-state index contributed by atoms with van der Waals surface area (Å²) in [6.07, 6.45) is 1.32. The SMILES string of the molecule is COC(=O)C1(c2ccccc2)C2C=C([N+](=O)[O-])C(=O)N(Cc3ccccc3)C21. The Hall–Kier alpha value is -3.48. The van der Waals surface area contributed by atoms with Crippen LogP contribution in [0.15, 0.2) is 72.4 Å². The van der Waals surface area contributed by atoms with Gasteiger partial charge in [0.1, 0.15) is 5.41 Å². The molecule has 28 heavy (non-hydrogen) atoms. The molecule has 2 aromatic rings. The first kappa shape index (κ1) is 17.9. The maximum absolute atomic E-state index is 12.9. The van der Waals surface area contributed by atoms with E-state index >= 15 is 0 Å². The van der Waals surface area contributed by atoms with Crippen LogP contribution in [-0.2, 0) is 26.3 Å². The first-order valence-corrected chi connectivity index (χ1v) is 8.87. The molecule has 142 valence electrons. The largest absolute Gasteiger partial charge is 0.468 e. The second-order valence-corrected chi connectivity index (χ2v) is 6.92. The van der Waals surface area contributed by atoms with Crippen molar-refractivity contribution in [1.82, 2.24) is 4.90 Å². The molecule has 4 rings (SSSR count). The number of carbonyl (C=O) groups is 2. The molecule has 0 spiro atoms. The molecule has 2 aromatic carbocycles. The van der Waals surface area contributed by atoms with Crippen LogP contribution in [0, 0.1) is 16.0 Å². The van der Waals surface area contributed by atoms with Gasteiger partial charge in [-0.1, -0.05) is 60.7 Å². The van der Waals surface area contributed by atoms with Crippen molar-refractivity contribution in [1.29, 1.82) is 0 Å². The number of amides is 1. The average Bonchev–Trinajstić information content (AvgIpc) is 3.40. The van der Waals surface area contributed by atoms with E-state index in [2.05, 4.69) is 0 Å². The van der Waals surface area contributed by atoms with Gasteiger partial charge in [0.2, 0.25) is 0 Å². The number of methoxy groups -OCH3 is 1. The Morgan fingerprint density at radius 3 is 2.32 bits per heavy atom. The normalized spacial score (nSPS) is 25.5. The molecule has 3 atom stereocenters. The number of ether oxygens (including phenoxy) is 1. The Morgan fingerprint density at radius 1 is 1.14 bits per heavy atom. The van der Waals surface area contributed by atoms with Crippen molar-refractivity contribution in [3.8, 4) is 0 Å². The molecule has 1 fully saturated rings. The summed E-state index contributed by atoms with van der Waals surface area (Å²) in [5.41, 5.74) is -0.126. The lowest BCUT2D eigenvalue weighted by molar-refractivity contribution is -0.421. The number of nitro groups is 1. The molecular weight excluding hydrogens is 360 g/mol. The molecule has 1 heterocycles. The van der Waals surface area contributed by atoms with Crippen LogP contribution in [0.25, 0.3) is 0 Å². The molecule has 7 nitrogen and oxygen atoms in total. The van der Waals surface area contributed by atoms with E-state index in [1.807, 2.05) is 36.4 Å².